The molecule has 204 valence electrons. The fraction of sp³-hybridized carbons (Fsp3) is 0.276. The summed E-state index contributed by atoms with van der Waals surface area (Å²) in [6, 6.07) is 14.9. The number of aromatic amines is 1. The molecule has 2 aromatic carbocycles. The topological polar surface area (TPSA) is 113 Å². The summed E-state index contributed by atoms with van der Waals surface area (Å²) < 4.78 is 20.5. The molecule has 0 radical (unpaired) electrons. The van der Waals surface area contributed by atoms with E-state index in [1.807, 2.05) is 32.0 Å². The Labute approximate surface area is 229 Å². The lowest BCUT2D eigenvalue weighted by atomic mass is 10.00. The molecule has 11 heteroatoms. The fourth-order valence-electron chi connectivity index (χ4n) is 5.43. The number of nitrogens with zero attached hydrogens (tertiary/aromatic N) is 6. The number of H-pyrrole nitrogens is 1. The zero-order valence-electron chi connectivity index (χ0n) is 22.2. The maximum Gasteiger partial charge on any atom is 0.289 e. The zero-order valence-corrected chi connectivity index (χ0v) is 22.2. The van der Waals surface area contributed by atoms with Crippen LogP contribution in [0.2, 0.25) is 0 Å². The lowest BCUT2D eigenvalue weighted by Crippen LogP contribution is -2.50. The second-order valence-corrected chi connectivity index (χ2v) is 10.1. The molecule has 40 heavy (non-hydrogen) atoms. The number of pyridine rings is 1. The van der Waals surface area contributed by atoms with Crippen LogP contribution in [0.4, 0.5) is 4.39 Å². The van der Waals surface area contributed by atoms with Gasteiger partial charge in [-0.3, -0.25) is 14.5 Å². The van der Waals surface area contributed by atoms with Gasteiger partial charge in [-0.05, 0) is 77.2 Å². The van der Waals surface area contributed by atoms with Crippen LogP contribution in [0, 0.1) is 19.7 Å². The summed E-state index contributed by atoms with van der Waals surface area (Å²) in [7, 11) is 0. The van der Waals surface area contributed by atoms with Crippen molar-refractivity contribution >= 4 is 16.8 Å². The van der Waals surface area contributed by atoms with Crippen LogP contribution < -0.4 is 5.56 Å². The Morgan fingerprint density at radius 2 is 1.85 bits per heavy atom. The monoisotopic (exact) mass is 541 g/mol. The summed E-state index contributed by atoms with van der Waals surface area (Å²) in [5.74, 6) is 0.292. The molecule has 6 rings (SSSR count). The van der Waals surface area contributed by atoms with Gasteiger partial charge in [0.05, 0.1) is 18.3 Å². The molecule has 1 fully saturated rings. The van der Waals surface area contributed by atoms with Crippen molar-refractivity contribution in [2.75, 3.05) is 26.2 Å². The van der Waals surface area contributed by atoms with Crippen LogP contribution in [0.25, 0.3) is 10.9 Å². The van der Waals surface area contributed by atoms with Gasteiger partial charge in [0.1, 0.15) is 11.9 Å². The van der Waals surface area contributed by atoms with Gasteiger partial charge in [0, 0.05) is 31.7 Å². The van der Waals surface area contributed by atoms with Crippen molar-refractivity contribution in [1.29, 1.82) is 0 Å². The predicted octanol–water partition coefficient (Wildman–Crippen LogP) is 3.46. The SMILES string of the molecule is Cc1cc(C)c2[nH]c(=O)c(C(c3nnnn3Cc3ccc(F)cc3)N3CCN(C(=O)c4ccco4)CC3)cc2c1. The molecule has 1 aliphatic heterocycles. The number of aryl methyl sites for hydroxylation is 2. The fourth-order valence-corrected chi connectivity index (χ4v) is 5.43. The minimum Gasteiger partial charge on any atom is -0.459 e. The highest BCUT2D eigenvalue weighted by Crippen LogP contribution is 2.29. The van der Waals surface area contributed by atoms with Crippen molar-refractivity contribution in [1.82, 2.24) is 35.0 Å². The number of benzene rings is 2. The van der Waals surface area contributed by atoms with Crippen LogP contribution in [0.1, 0.15) is 44.7 Å². The highest BCUT2D eigenvalue weighted by atomic mass is 19.1. The van der Waals surface area contributed by atoms with Crippen LogP contribution in [0.15, 0.2) is 70.1 Å². The first-order chi connectivity index (χ1) is 19.4. The highest BCUT2D eigenvalue weighted by Gasteiger charge is 2.34. The molecule has 5 aromatic rings. The first-order valence-corrected chi connectivity index (χ1v) is 13.1. The number of tetrazole rings is 1. The average Bonchev–Trinajstić information content (AvgIpc) is 3.64. The summed E-state index contributed by atoms with van der Waals surface area (Å²) in [6.07, 6.45) is 1.48. The molecule has 0 bridgehead atoms. The van der Waals surface area contributed by atoms with E-state index in [1.165, 1.54) is 18.4 Å². The summed E-state index contributed by atoms with van der Waals surface area (Å²) in [4.78, 5) is 33.4. The standard InChI is InChI=1S/C29H28FN7O3/c1-18-14-19(2)25-21(15-18)16-23(28(38)31-25)26(27-32-33-34-37(27)17-20-5-7-22(30)8-6-20)35-9-11-36(12-10-35)29(39)24-4-3-13-40-24/h3-8,13-16,26H,9-12,17H2,1-2H3,(H,31,38). The van der Waals surface area contributed by atoms with E-state index in [0.717, 1.165) is 27.6 Å². The third-order valence-electron chi connectivity index (χ3n) is 7.37. The molecule has 1 unspecified atom stereocenters. The number of amides is 1. The Hall–Kier alpha value is -4.64. The molecular formula is C29H28FN7O3. The van der Waals surface area contributed by atoms with Gasteiger partial charge in [-0.15, -0.1) is 5.10 Å². The first kappa shape index (κ1) is 25.6. The van der Waals surface area contributed by atoms with Gasteiger partial charge in [-0.2, -0.15) is 0 Å². The Morgan fingerprint density at radius 1 is 1.07 bits per heavy atom. The van der Waals surface area contributed by atoms with E-state index in [1.54, 1.807) is 33.8 Å². The van der Waals surface area contributed by atoms with Gasteiger partial charge in [-0.1, -0.05) is 23.8 Å². The van der Waals surface area contributed by atoms with Crippen molar-refractivity contribution in [3.05, 3.63) is 111 Å². The van der Waals surface area contributed by atoms with E-state index in [0.29, 0.717) is 49.9 Å². The van der Waals surface area contributed by atoms with Crippen LogP contribution in [0.5, 0.6) is 0 Å². The van der Waals surface area contributed by atoms with Crippen molar-refractivity contribution in [2.24, 2.45) is 0 Å². The lowest BCUT2D eigenvalue weighted by molar-refractivity contribution is 0.0558. The molecule has 3 aromatic heterocycles. The Morgan fingerprint density at radius 3 is 2.58 bits per heavy atom. The summed E-state index contributed by atoms with van der Waals surface area (Å²) in [6.45, 7) is 6.17. The number of hydrogen-bond acceptors (Lipinski definition) is 7. The molecule has 1 aliphatic rings. The number of fused-ring (bicyclic) bond motifs is 1. The van der Waals surface area contributed by atoms with Gasteiger partial charge >= 0.3 is 0 Å². The average molecular weight is 542 g/mol. The van der Waals surface area contributed by atoms with Crippen molar-refractivity contribution < 1.29 is 13.6 Å². The largest absolute Gasteiger partial charge is 0.459 e. The Bertz CT molecular complexity index is 1720. The Kier molecular flexibility index (Phi) is 6.72. The molecule has 0 spiro atoms. The van der Waals surface area contributed by atoms with Crippen molar-refractivity contribution in [3.8, 4) is 0 Å². The third kappa shape index (κ3) is 4.91. The maximum absolute atomic E-state index is 13.6. The molecule has 1 amide bonds. The third-order valence-corrected chi connectivity index (χ3v) is 7.37. The van der Waals surface area contributed by atoms with Crippen LogP contribution >= 0.6 is 0 Å². The number of nitrogens with one attached hydrogen (secondary N) is 1. The van der Waals surface area contributed by atoms with E-state index >= 15 is 0 Å². The molecule has 4 heterocycles. The minimum absolute atomic E-state index is 0.170. The lowest BCUT2D eigenvalue weighted by Gasteiger charge is -2.38. The van der Waals surface area contributed by atoms with Gasteiger partial charge in [0.25, 0.3) is 11.5 Å². The smallest absolute Gasteiger partial charge is 0.289 e. The number of halogens is 1. The second kappa shape index (κ2) is 10.5. The van der Waals surface area contributed by atoms with E-state index in [2.05, 4.69) is 25.4 Å². The van der Waals surface area contributed by atoms with Gasteiger partial charge in [-0.25, -0.2) is 9.07 Å². The molecule has 0 aliphatic carbocycles. The van der Waals surface area contributed by atoms with Crippen LogP contribution in [-0.4, -0.2) is 67.1 Å². The molecule has 0 saturated carbocycles. The van der Waals surface area contributed by atoms with Gasteiger partial charge in [0.15, 0.2) is 11.6 Å². The number of carbonyl (C=O) groups excluding carboxylic acids is 1. The number of aromatic nitrogens is 5. The molecule has 10 nitrogen and oxygen atoms in total. The van der Waals surface area contributed by atoms with E-state index in [-0.39, 0.29) is 17.3 Å². The maximum atomic E-state index is 13.6. The van der Waals surface area contributed by atoms with E-state index in [9.17, 15) is 14.0 Å². The van der Waals surface area contributed by atoms with Crippen LogP contribution in [0.3, 0.4) is 0 Å². The normalized spacial score (nSPS) is 15.0. The van der Waals surface area contributed by atoms with Crippen molar-refractivity contribution in [2.45, 2.75) is 26.4 Å². The summed E-state index contributed by atoms with van der Waals surface area (Å²) in [5.41, 5.74) is 3.97. The molecule has 1 saturated heterocycles. The Balaban J connectivity index is 1.39. The van der Waals surface area contributed by atoms with E-state index in [4.69, 9.17) is 4.42 Å². The summed E-state index contributed by atoms with van der Waals surface area (Å²) >= 11 is 0. The van der Waals surface area contributed by atoms with Crippen LogP contribution in [-0.2, 0) is 6.54 Å². The first-order valence-electron chi connectivity index (χ1n) is 13.1. The highest BCUT2D eigenvalue weighted by molar-refractivity contribution is 5.91. The number of hydrogen-bond donors (Lipinski definition) is 1. The van der Waals surface area contributed by atoms with Gasteiger partial charge < -0.3 is 14.3 Å². The van der Waals surface area contributed by atoms with Crippen molar-refractivity contribution in [3.63, 3.8) is 0 Å². The number of furan rings is 1. The second-order valence-electron chi connectivity index (χ2n) is 10.1. The minimum atomic E-state index is -0.578. The number of piperazine rings is 1. The number of carbonyl (C=O) groups is 1. The number of rotatable bonds is 6. The summed E-state index contributed by atoms with van der Waals surface area (Å²) in [5, 5.41) is 13.5. The van der Waals surface area contributed by atoms with Gasteiger partial charge in [0.2, 0.25) is 0 Å². The molecular weight excluding hydrogens is 513 g/mol. The molecule has 1 N–H and O–H groups in total. The van der Waals surface area contributed by atoms with E-state index < -0.39 is 6.04 Å². The quantitative estimate of drug-likeness (QED) is 0.350. The predicted molar refractivity (Wildman–Crippen MR) is 145 cm³/mol. The zero-order chi connectivity index (χ0) is 27.8. The molecule has 1 atom stereocenters.